The summed E-state index contributed by atoms with van der Waals surface area (Å²) in [6.45, 7) is 5.81. The molecule has 7 nitrogen and oxygen atoms in total. The van der Waals surface area contributed by atoms with Crippen molar-refractivity contribution in [3.05, 3.63) is 94.5 Å². The Bertz CT molecular complexity index is 1560. The highest BCUT2D eigenvalue weighted by Gasteiger charge is 2.63. The largest absolute Gasteiger partial charge is 0.465 e. The predicted molar refractivity (Wildman–Crippen MR) is 170 cm³/mol. The van der Waals surface area contributed by atoms with Crippen molar-refractivity contribution in [2.24, 2.45) is 11.3 Å². The predicted octanol–water partition coefficient (Wildman–Crippen LogP) is 6.12. The second-order valence-corrected chi connectivity index (χ2v) is 13.8. The summed E-state index contributed by atoms with van der Waals surface area (Å²) in [5.41, 5.74) is 1.64. The number of rotatable bonds is 6. The summed E-state index contributed by atoms with van der Waals surface area (Å²) in [7, 11) is 1.36. The summed E-state index contributed by atoms with van der Waals surface area (Å²) in [5, 5.41) is 24.4. The number of ether oxygens (including phenoxy) is 1. The average molecular weight is 617 g/mol. The number of aliphatic hydroxyl groups is 2. The molecule has 4 atom stereocenters. The molecule has 2 aliphatic heterocycles. The third-order valence-electron chi connectivity index (χ3n) is 10.4. The van der Waals surface area contributed by atoms with Crippen LogP contribution in [0.5, 0.6) is 0 Å². The van der Waals surface area contributed by atoms with Crippen LogP contribution in [0, 0.1) is 11.3 Å². The van der Waals surface area contributed by atoms with Gasteiger partial charge in [0.25, 0.3) is 5.91 Å². The molecule has 3 aromatic rings. The third kappa shape index (κ3) is 5.34. The molecule has 0 aromatic heterocycles. The third-order valence-corrected chi connectivity index (χ3v) is 10.7. The average Bonchev–Trinajstić information content (AvgIpc) is 3.75. The molecule has 1 saturated carbocycles. The topological polar surface area (TPSA) is 90.1 Å². The molecular formula is C36H41ClN2O5. The second-order valence-electron chi connectivity index (χ2n) is 13.4. The Balaban J connectivity index is 1.19. The lowest BCUT2D eigenvalue weighted by Crippen LogP contribution is -2.60. The van der Waals surface area contributed by atoms with Crippen LogP contribution in [0.1, 0.15) is 72.2 Å². The van der Waals surface area contributed by atoms with Crippen molar-refractivity contribution in [2.45, 2.75) is 63.3 Å². The first-order valence-corrected chi connectivity index (χ1v) is 15.9. The van der Waals surface area contributed by atoms with Crippen molar-refractivity contribution < 1.29 is 24.5 Å². The van der Waals surface area contributed by atoms with E-state index in [1.807, 2.05) is 65.6 Å². The van der Waals surface area contributed by atoms with Gasteiger partial charge in [-0.2, -0.15) is 0 Å². The summed E-state index contributed by atoms with van der Waals surface area (Å²) in [5.74, 6) is -0.512. The van der Waals surface area contributed by atoms with E-state index in [1.165, 1.54) is 7.11 Å². The highest BCUT2D eigenvalue weighted by molar-refractivity contribution is 6.30. The number of carbonyl (C=O) groups excluding carboxylic acids is 2. The van der Waals surface area contributed by atoms with Crippen LogP contribution in [0.25, 0.3) is 11.1 Å². The van der Waals surface area contributed by atoms with E-state index in [4.69, 9.17) is 16.3 Å². The summed E-state index contributed by atoms with van der Waals surface area (Å²) in [4.78, 5) is 30.0. The Morgan fingerprint density at radius 1 is 0.932 bits per heavy atom. The number of nitrogens with zero attached hydrogens (tertiary/aromatic N) is 2. The molecule has 0 radical (unpaired) electrons. The number of benzene rings is 3. The van der Waals surface area contributed by atoms with Gasteiger partial charge in [-0.3, -0.25) is 9.69 Å². The van der Waals surface area contributed by atoms with Crippen molar-refractivity contribution in [3.63, 3.8) is 0 Å². The minimum absolute atomic E-state index is 0.0360. The van der Waals surface area contributed by atoms with Crippen molar-refractivity contribution in [1.29, 1.82) is 0 Å². The number of amides is 1. The van der Waals surface area contributed by atoms with Gasteiger partial charge in [0.15, 0.2) is 0 Å². The fourth-order valence-corrected chi connectivity index (χ4v) is 7.88. The Morgan fingerprint density at radius 3 is 2.25 bits per heavy atom. The Morgan fingerprint density at radius 2 is 1.59 bits per heavy atom. The van der Waals surface area contributed by atoms with E-state index in [2.05, 4.69) is 18.7 Å². The molecule has 232 valence electrons. The molecule has 2 unspecified atom stereocenters. The molecule has 2 N–H and O–H groups in total. The Kier molecular flexibility index (Phi) is 8.12. The summed E-state index contributed by atoms with van der Waals surface area (Å²) < 4.78 is 4.87. The minimum Gasteiger partial charge on any atom is -0.465 e. The SMILES string of the molecule is COC(=O)c1cccc(-c2cccc(C(=O)N3CC34CCCC[C@@H]4C(O)N3CC[C@](O)(c4ccc(Cl)cc4)C(C)(C)C3)c2)c1. The van der Waals surface area contributed by atoms with Gasteiger partial charge in [0.1, 0.15) is 6.23 Å². The molecule has 1 spiro atoms. The van der Waals surface area contributed by atoms with Gasteiger partial charge in [-0.05, 0) is 72.4 Å². The zero-order valence-corrected chi connectivity index (χ0v) is 26.4. The number of likely N-dealkylation sites (tertiary alicyclic amines) is 1. The molecule has 3 aliphatic rings. The van der Waals surface area contributed by atoms with Crippen LogP contribution >= 0.6 is 11.6 Å². The van der Waals surface area contributed by atoms with E-state index < -0.39 is 23.2 Å². The van der Waals surface area contributed by atoms with Gasteiger partial charge < -0.3 is 19.8 Å². The number of halogens is 1. The normalized spacial score (nSPS) is 27.1. The molecule has 2 heterocycles. The summed E-state index contributed by atoms with van der Waals surface area (Å²) >= 11 is 6.11. The quantitative estimate of drug-likeness (QED) is 0.256. The minimum atomic E-state index is -1.04. The van der Waals surface area contributed by atoms with E-state index >= 15 is 0 Å². The number of hydrogen-bond acceptors (Lipinski definition) is 6. The van der Waals surface area contributed by atoms with Gasteiger partial charge in [-0.15, -0.1) is 0 Å². The van der Waals surface area contributed by atoms with Crippen molar-refractivity contribution in [1.82, 2.24) is 9.80 Å². The Hall–Kier alpha value is -3.23. The lowest BCUT2D eigenvalue weighted by molar-refractivity contribution is -0.169. The molecule has 3 aromatic carbocycles. The van der Waals surface area contributed by atoms with Crippen molar-refractivity contribution in [3.8, 4) is 11.1 Å². The number of carbonyl (C=O) groups is 2. The zero-order valence-electron chi connectivity index (χ0n) is 25.6. The van der Waals surface area contributed by atoms with Crippen LogP contribution in [-0.2, 0) is 10.3 Å². The van der Waals surface area contributed by atoms with E-state index in [0.29, 0.717) is 42.2 Å². The van der Waals surface area contributed by atoms with Gasteiger partial charge >= 0.3 is 5.97 Å². The number of methoxy groups -OCH3 is 1. The highest BCUT2D eigenvalue weighted by Crippen LogP contribution is 2.53. The number of hydrogen-bond donors (Lipinski definition) is 2. The molecule has 3 fully saturated rings. The molecule has 1 amide bonds. The first kappa shape index (κ1) is 30.8. The maximum Gasteiger partial charge on any atom is 0.337 e. The molecule has 0 bridgehead atoms. The van der Waals surface area contributed by atoms with Crippen LogP contribution < -0.4 is 0 Å². The summed E-state index contributed by atoms with van der Waals surface area (Å²) in [6, 6.07) is 22.1. The molecule has 2 saturated heterocycles. The smallest absolute Gasteiger partial charge is 0.337 e. The first-order valence-electron chi connectivity index (χ1n) is 15.5. The van der Waals surface area contributed by atoms with E-state index in [9.17, 15) is 19.8 Å². The van der Waals surface area contributed by atoms with Gasteiger partial charge in [-0.25, -0.2) is 4.79 Å². The van der Waals surface area contributed by atoms with Gasteiger partial charge in [-0.1, -0.05) is 74.7 Å². The van der Waals surface area contributed by atoms with Gasteiger partial charge in [0.2, 0.25) is 0 Å². The van der Waals surface area contributed by atoms with Crippen molar-refractivity contribution in [2.75, 3.05) is 26.7 Å². The molecule has 8 heteroatoms. The van der Waals surface area contributed by atoms with E-state index in [-0.39, 0.29) is 17.4 Å². The van der Waals surface area contributed by atoms with Crippen LogP contribution in [0.15, 0.2) is 72.8 Å². The lowest BCUT2D eigenvalue weighted by atomic mass is 9.66. The van der Waals surface area contributed by atoms with Gasteiger partial charge in [0, 0.05) is 41.6 Å². The number of aliphatic hydroxyl groups excluding tert-OH is 1. The standard InChI is InChI=1S/C36H41ClN2O5/c1-34(2)22-38(19-18-36(34,43)28-13-15-29(37)16-14-28)32(41)30-12-4-5-17-35(30)23-39(35)31(40)26-10-6-8-24(20-26)25-9-7-11-27(21-25)33(42)44-3/h6-11,13-16,20-21,30,32,41,43H,4-5,12,17-19,22-23H2,1-3H3/t30-,32?,35?,36+,39?/m1/s1. The molecule has 6 rings (SSSR count). The van der Waals surface area contributed by atoms with Crippen LogP contribution in [0.2, 0.25) is 5.02 Å². The van der Waals surface area contributed by atoms with Gasteiger partial charge in [0.05, 0.1) is 23.8 Å². The van der Waals surface area contributed by atoms with E-state index in [1.54, 1.807) is 12.1 Å². The lowest BCUT2D eigenvalue weighted by Gasteiger charge is -2.53. The summed E-state index contributed by atoms with van der Waals surface area (Å²) in [6.07, 6.45) is 3.54. The second kappa shape index (κ2) is 11.6. The highest BCUT2D eigenvalue weighted by atomic mass is 35.5. The zero-order chi connectivity index (χ0) is 31.3. The number of esters is 1. The molecular weight excluding hydrogens is 576 g/mol. The van der Waals surface area contributed by atoms with E-state index in [0.717, 1.165) is 42.4 Å². The fraction of sp³-hybridized carbons (Fsp3) is 0.444. The maximum atomic E-state index is 13.9. The maximum absolute atomic E-state index is 13.9. The van der Waals surface area contributed by atoms with Crippen molar-refractivity contribution >= 4 is 23.5 Å². The molecule has 44 heavy (non-hydrogen) atoms. The monoisotopic (exact) mass is 616 g/mol. The van der Waals surface area contributed by atoms with Crippen LogP contribution in [0.4, 0.5) is 0 Å². The number of piperidine rings is 1. The van der Waals surface area contributed by atoms with Crippen LogP contribution in [0.3, 0.4) is 0 Å². The molecule has 1 aliphatic carbocycles. The Labute approximate surface area is 264 Å². The first-order chi connectivity index (χ1) is 21.0. The fourth-order valence-electron chi connectivity index (χ4n) is 7.75. The van der Waals surface area contributed by atoms with Crippen LogP contribution in [-0.4, -0.2) is 70.4 Å².